The molecule has 1 unspecified atom stereocenters. The smallest absolute Gasteiger partial charge is 0.161 e. The summed E-state index contributed by atoms with van der Waals surface area (Å²) in [6.45, 7) is 6.00. The van der Waals surface area contributed by atoms with Gasteiger partial charge in [-0.25, -0.2) is 0 Å². The first-order chi connectivity index (χ1) is 12.8. The van der Waals surface area contributed by atoms with Crippen LogP contribution >= 0.6 is 0 Å². The zero-order chi connectivity index (χ0) is 18.2. The van der Waals surface area contributed by atoms with Crippen molar-refractivity contribution in [3.8, 4) is 11.5 Å². The number of hydrogen-bond donors (Lipinski definition) is 0. The molecule has 5 nitrogen and oxygen atoms in total. The van der Waals surface area contributed by atoms with Crippen LogP contribution in [0.25, 0.3) is 0 Å². The Labute approximate surface area is 155 Å². The van der Waals surface area contributed by atoms with E-state index in [2.05, 4.69) is 28.1 Å². The van der Waals surface area contributed by atoms with E-state index >= 15 is 0 Å². The Morgan fingerprint density at radius 3 is 2.81 bits per heavy atom. The predicted molar refractivity (Wildman–Crippen MR) is 101 cm³/mol. The van der Waals surface area contributed by atoms with Crippen LogP contribution in [0.2, 0.25) is 0 Å². The first-order valence-electron chi connectivity index (χ1n) is 9.32. The molecule has 0 amide bonds. The van der Waals surface area contributed by atoms with Gasteiger partial charge >= 0.3 is 0 Å². The fourth-order valence-corrected chi connectivity index (χ4v) is 3.33. The average Bonchev–Trinajstić information content (AvgIpc) is 3.17. The molecule has 1 aliphatic rings. The summed E-state index contributed by atoms with van der Waals surface area (Å²) >= 11 is 0. The molecule has 0 aliphatic carbocycles. The van der Waals surface area contributed by atoms with E-state index in [-0.39, 0.29) is 0 Å². The van der Waals surface area contributed by atoms with E-state index in [0.29, 0.717) is 12.7 Å². The number of ether oxygens (including phenoxy) is 3. The van der Waals surface area contributed by atoms with E-state index in [4.69, 9.17) is 14.2 Å². The largest absolute Gasteiger partial charge is 0.493 e. The van der Waals surface area contributed by atoms with Crippen LogP contribution in [-0.2, 0) is 17.8 Å². The van der Waals surface area contributed by atoms with Gasteiger partial charge in [-0.05, 0) is 49.6 Å². The van der Waals surface area contributed by atoms with Crippen molar-refractivity contribution in [1.29, 1.82) is 0 Å². The van der Waals surface area contributed by atoms with Crippen LogP contribution < -0.4 is 9.47 Å². The van der Waals surface area contributed by atoms with Crippen LogP contribution in [0.4, 0.5) is 0 Å². The Balaban J connectivity index is 1.73. The van der Waals surface area contributed by atoms with Gasteiger partial charge in [-0.1, -0.05) is 12.1 Å². The molecule has 3 rings (SSSR count). The standard InChI is InChI=1S/C21H28N2O3/c1-3-25-20-10-9-17(13-21(20)24-2)14-23(16-19-8-6-12-26-19)15-18-7-4-5-11-22-18/h4-5,7,9-11,13,19H,3,6,8,12,14-16H2,1-2H3. The Morgan fingerprint density at radius 2 is 2.12 bits per heavy atom. The van der Waals surface area contributed by atoms with Crippen molar-refractivity contribution in [3.63, 3.8) is 0 Å². The minimum Gasteiger partial charge on any atom is -0.493 e. The van der Waals surface area contributed by atoms with Crippen LogP contribution in [-0.4, -0.2) is 42.9 Å². The van der Waals surface area contributed by atoms with Gasteiger partial charge in [0.25, 0.3) is 0 Å². The minimum absolute atomic E-state index is 0.309. The molecular weight excluding hydrogens is 328 g/mol. The normalized spacial score (nSPS) is 16.8. The van der Waals surface area contributed by atoms with E-state index in [1.54, 1.807) is 7.11 Å². The van der Waals surface area contributed by atoms with Gasteiger partial charge in [-0.3, -0.25) is 9.88 Å². The Morgan fingerprint density at radius 1 is 1.19 bits per heavy atom. The van der Waals surface area contributed by atoms with Crippen molar-refractivity contribution in [2.45, 2.75) is 39.0 Å². The number of methoxy groups -OCH3 is 1. The number of rotatable bonds is 9. The van der Waals surface area contributed by atoms with Gasteiger partial charge in [0, 0.05) is 32.4 Å². The molecule has 0 saturated carbocycles. The molecule has 140 valence electrons. The molecule has 1 atom stereocenters. The van der Waals surface area contributed by atoms with E-state index in [9.17, 15) is 0 Å². The van der Waals surface area contributed by atoms with Gasteiger partial charge in [0.15, 0.2) is 11.5 Å². The molecule has 1 aromatic carbocycles. The summed E-state index contributed by atoms with van der Waals surface area (Å²) in [6.07, 6.45) is 4.44. The molecule has 1 aromatic heterocycles. The lowest BCUT2D eigenvalue weighted by atomic mass is 10.1. The Hall–Kier alpha value is -2.11. The quantitative estimate of drug-likeness (QED) is 0.686. The molecule has 5 heteroatoms. The van der Waals surface area contributed by atoms with Gasteiger partial charge in [-0.2, -0.15) is 0 Å². The van der Waals surface area contributed by atoms with Crippen LogP contribution in [0.15, 0.2) is 42.6 Å². The van der Waals surface area contributed by atoms with Crippen molar-refractivity contribution in [3.05, 3.63) is 53.9 Å². The maximum Gasteiger partial charge on any atom is 0.161 e. The van der Waals surface area contributed by atoms with E-state index < -0.39 is 0 Å². The molecule has 0 bridgehead atoms. The molecular formula is C21H28N2O3. The third kappa shape index (κ3) is 5.19. The summed E-state index contributed by atoms with van der Waals surface area (Å²) < 4.78 is 17.0. The van der Waals surface area contributed by atoms with Gasteiger partial charge in [0.05, 0.1) is 25.5 Å². The number of pyridine rings is 1. The molecule has 0 spiro atoms. The van der Waals surface area contributed by atoms with Crippen LogP contribution in [0, 0.1) is 0 Å². The molecule has 26 heavy (non-hydrogen) atoms. The summed E-state index contributed by atoms with van der Waals surface area (Å²) in [5.74, 6) is 1.56. The molecule has 1 saturated heterocycles. The lowest BCUT2D eigenvalue weighted by molar-refractivity contribution is 0.0674. The van der Waals surface area contributed by atoms with Gasteiger partial charge < -0.3 is 14.2 Å². The van der Waals surface area contributed by atoms with Crippen molar-refractivity contribution in [2.24, 2.45) is 0 Å². The highest BCUT2D eigenvalue weighted by atomic mass is 16.5. The first kappa shape index (κ1) is 18.7. The third-order valence-corrected chi connectivity index (χ3v) is 4.53. The van der Waals surface area contributed by atoms with Crippen LogP contribution in [0.5, 0.6) is 11.5 Å². The minimum atomic E-state index is 0.309. The zero-order valence-electron chi connectivity index (χ0n) is 15.7. The molecule has 2 heterocycles. The second kappa shape index (κ2) is 9.55. The SMILES string of the molecule is CCOc1ccc(CN(Cc2ccccn2)CC2CCCO2)cc1OC. The molecule has 1 aliphatic heterocycles. The van der Waals surface area contributed by atoms with Gasteiger partial charge in [0.1, 0.15) is 0 Å². The molecule has 2 aromatic rings. The van der Waals surface area contributed by atoms with Gasteiger partial charge in [0.2, 0.25) is 0 Å². The fourth-order valence-electron chi connectivity index (χ4n) is 3.33. The van der Waals surface area contributed by atoms with Crippen molar-refractivity contribution in [2.75, 3.05) is 26.9 Å². The van der Waals surface area contributed by atoms with Crippen molar-refractivity contribution in [1.82, 2.24) is 9.88 Å². The second-order valence-electron chi connectivity index (χ2n) is 6.54. The summed E-state index contributed by atoms with van der Waals surface area (Å²) in [5.41, 5.74) is 2.27. The fraction of sp³-hybridized carbons (Fsp3) is 0.476. The summed E-state index contributed by atoms with van der Waals surface area (Å²) in [6, 6.07) is 12.2. The Kier molecular flexibility index (Phi) is 6.86. The maximum atomic E-state index is 5.85. The van der Waals surface area contributed by atoms with Crippen molar-refractivity contribution < 1.29 is 14.2 Å². The van der Waals surface area contributed by atoms with E-state index in [1.807, 2.05) is 31.3 Å². The zero-order valence-corrected chi connectivity index (χ0v) is 15.7. The monoisotopic (exact) mass is 356 g/mol. The highest BCUT2D eigenvalue weighted by Gasteiger charge is 2.20. The highest BCUT2D eigenvalue weighted by Crippen LogP contribution is 2.29. The van der Waals surface area contributed by atoms with Gasteiger partial charge in [-0.15, -0.1) is 0 Å². The first-order valence-corrected chi connectivity index (χ1v) is 9.32. The summed E-state index contributed by atoms with van der Waals surface area (Å²) in [7, 11) is 1.68. The third-order valence-electron chi connectivity index (χ3n) is 4.53. The molecule has 1 fully saturated rings. The number of hydrogen-bond acceptors (Lipinski definition) is 5. The summed E-state index contributed by atoms with van der Waals surface area (Å²) in [5, 5.41) is 0. The second-order valence-corrected chi connectivity index (χ2v) is 6.54. The average molecular weight is 356 g/mol. The number of aromatic nitrogens is 1. The lowest BCUT2D eigenvalue weighted by Gasteiger charge is -2.25. The van der Waals surface area contributed by atoms with Crippen molar-refractivity contribution >= 4 is 0 Å². The molecule has 0 radical (unpaired) electrons. The van der Waals surface area contributed by atoms with E-state index in [1.165, 1.54) is 5.56 Å². The number of nitrogens with zero attached hydrogens (tertiary/aromatic N) is 2. The number of benzene rings is 1. The predicted octanol–water partition coefficient (Wildman–Crippen LogP) is 3.67. The lowest BCUT2D eigenvalue weighted by Crippen LogP contribution is -2.31. The van der Waals surface area contributed by atoms with Crippen LogP contribution in [0.1, 0.15) is 31.0 Å². The maximum absolute atomic E-state index is 5.85. The topological polar surface area (TPSA) is 43.8 Å². The molecule has 0 N–H and O–H groups in total. The Bertz CT molecular complexity index is 672. The van der Waals surface area contributed by atoms with E-state index in [0.717, 1.165) is 56.3 Å². The highest BCUT2D eigenvalue weighted by molar-refractivity contribution is 5.43. The van der Waals surface area contributed by atoms with Crippen LogP contribution in [0.3, 0.4) is 0 Å². The summed E-state index contributed by atoms with van der Waals surface area (Å²) in [4.78, 5) is 6.88.